The van der Waals surface area contributed by atoms with E-state index in [9.17, 15) is 14.4 Å². The number of hydrogen-bond donors (Lipinski definition) is 2. The van der Waals surface area contributed by atoms with Crippen LogP contribution in [0.25, 0.3) is 0 Å². The standard InChI is InChI=1S/C27H29ClN4O6/c1-16-13-22(31-38-16)29-23(33)11-12-24(34)32(17-9-10-20-21(14-17)37-15-36-20)25(26(35)30-27(2,3)4)18-7-5-6-8-19(18)28/h5-10,13-14,25H,11-12,15H2,1-4H3,(H,30,35)(H,29,31,33)/t25-/m1/s1. The van der Waals surface area contributed by atoms with E-state index in [1.165, 1.54) is 4.90 Å². The molecule has 0 fully saturated rings. The molecule has 0 spiro atoms. The van der Waals surface area contributed by atoms with E-state index in [1.807, 2.05) is 20.8 Å². The Morgan fingerprint density at radius 1 is 1.05 bits per heavy atom. The minimum Gasteiger partial charge on any atom is -0.454 e. The number of ether oxygens (including phenoxy) is 2. The summed E-state index contributed by atoms with van der Waals surface area (Å²) in [5.74, 6) is 0.434. The number of nitrogens with zero attached hydrogens (tertiary/aromatic N) is 2. The van der Waals surface area contributed by atoms with Crippen LogP contribution >= 0.6 is 11.6 Å². The second-order valence-electron chi connectivity index (χ2n) is 9.84. The molecular weight excluding hydrogens is 512 g/mol. The fourth-order valence-electron chi connectivity index (χ4n) is 3.98. The summed E-state index contributed by atoms with van der Waals surface area (Å²) >= 11 is 6.54. The van der Waals surface area contributed by atoms with Gasteiger partial charge in [-0.05, 0) is 45.9 Å². The Kier molecular flexibility index (Phi) is 7.91. The molecule has 1 atom stereocenters. The third-order valence-corrected chi connectivity index (χ3v) is 5.91. The van der Waals surface area contributed by atoms with E-state index in [2.05, 4.69) is 15.8 Å². The van der Waals surface area contributed by atoms with Crippen LogP contribution in [0.5, 0.6) is 11.5 Å². The summed E-state index contributed by atoms with van der Waals surface area (Å²) in [5, 5.41) is 9.62. The molecule has 11 heteroatoms. The molecule has 4 rings (SSSR count). The molecule has 0 bridgehead atoms. The van der Waals surface area contributed by atoms with Crippen LogP contribution in [0.3, 0.4) is 0 Å². The first-order chi connectivity index (χ1) is 18.0. The van der Waals surface area contributed by atoms with Gasteiger partial charge in [-0.15, -0.1) is 0 Å². The molecule has 1 aromatic heterocycles. The molecule has 0 radical (unpaired) electrons. The SMILES string of the molecule is Cc1cc(NC(=O)CCC(=O)N(c2ccc3c(c2)OCO3)[C@@H](C(=O)NC(C)(C)C)c2ccccc2Cl)no1. The molecule has 0 aliphatic carbocycles. The van der Waals surface area contributed by atoms with Crippen LogP contribution in [0.15, 0.2) is 53.1 Å². The zero-order valence-corrected chi connectivity index (χ0v) is 22.3. The lowest BCUT2D eigenvalue weighted by Crippen LogP contribution is -2.49. The van der Waals surface area contributed by atoms with Crippen LogP contribution in [-0.4, -0.2) is 35.2 Å². The minimum absolute atomic E-state index is 0.0485. The minimum atomic E-state index is -1.13. The zero-order chi connectivity index (χ0) is 27.4. The number of nitrogens with one attached hydrogen (secondary N) is 2. The van der Waals surface area contributed by atoms with Crippen molar-refractivity contribution in [1.29, 1.82) is 0 Å². The highest BCUT2D eigenvalue weighted by Crippen LogP contribution is 2.39. The van der Waals surface area contributed by atoms with Gasteiger partial charge in [0.05, 0.1) is 0 Å². The molecule has 10 nitrogen and oxygen atoms in total. The molecule has 1 aliphatic heterocycles. The molecule has 0 unspecified atom stereocenters. The smallest absolute Gasteiger partial charge is 0.248 e. The van der Waals surface area contributed by atoms with Crippen molar-refractivity contribution < 1.29 is 28.4 Å². The number of aryl methyl sites for hydroxylation is 1. The summed E-state index contributed by atoms with van der Waals surface area (Å²) in [6.45, 7) is 7.28. The van der Waals surface area contributed by atoms with Crippen LogP contribution < -0.4 is 25.0 Å². The van der Waals surface area contributed by atoms with Crippen LogP contribution in [0.2, 0.25) is 5.02 Å². The summed E-state index contributed by atoms with van der Waals surface area (Å²) in [6, 6.07) is 12.3. The first-order valence-electron chi connectivity index (χ1n) is 12.0. The number of amides is 3. The highest BCUT2D eigenvalue weighted by Gasteiger charge is 2.36. The molecular formula is C27H29ClN4O6. The molecule has 3 aromatic rings. The number of benzene rings is 2. The molecule has 2 aromatic carbocycles. The summed E-state index contributed by atoms with van der Waals surface area (Å²) in [4.78, 5) is 41.4. The summed E-state index contributed by atoms with van der Waals surface area (Å²) in [5.41, 5.74) is 0.237. The number of anilines is 2. The Hall–Kier alpha value is -4.05. The van der Waals surface area contributed by atoms with Crippen molar-refractivity contribution in [3.63, 3.8) is 0 Å². The Bertz CT molecular complexity index is 1350. The van der Waals surface area contributed by atoms with Gasteiger partial charge in [0, 0.05) is 46.8 Å². The van der Waals surface area contributed by atoms with Crippen molar-refractivity contribution >= 4 is 40.8 Å². The van der Waals surface area contributed by atoms with Gasteiger partial charge >= 0.3 is 0 Å². The summed E-state index contributed by atoms with van der Waals surface area (Å²) in [7, 11) is 0. The zero-order valence-electron chi connectivity index (χ0n) is 21.5. The van der Waals surface area contributed by atoms with Gasteiger partial charge in [-0.2, -0.15) is 0 Å². The normalized spacial score (nSPS) is 13.1. The van der Waals surface area contributed by atoms with Crippen LogP contribution in [0, 0.1) is 6.92 Å². The molecule has 3 amide bonds. The number of aromatic nitrogens is 1. The van der Waals surface area contributed by atoms with Gasteiger partial charge in [-0.1, -0.05) is 35.0 Å². The van der Waals surface area contributed by atoms with Crippen LogP contribution in [-0.2, 0) is 14.4 Å². The predicted octanol–water partition coefficient (Wildman–Crippen LogP) is 4.77. The van der Waals surface area contributed by atoms with E-state index in [-0.39, 0.29) is 25.5 Å². The Balaban J connectivity index is 1.69. The van der Waals surface area contributed by atoms with Gasteiger partial charge in [0.2, 0.25) is 24.5 Å². The van der Waals surface area contributed by atoms with Gasteiger partial charge in [-0.3, -0.25) is 19.3 Å². The van der Waals surface area contributed by atoms with E-state index in [0.717, 1.165) is 0 Å². The molecule has 0 saturated carbocycles. The summed E-state index contributed by atoms with van der Waals surface area (Å²) in [6.07, 6.45) is -0.344. The van der Waals surface area contributed by atoms with Crippen molar-refractivity contribution in [2.75, 3.05) is 17.0 Å². The Morgan fingerprint density at radius 2 is 1.79 bits per heavy atom. The van der Waals surface area contributed by atoms with Crippen molar-refractivity contribution in [2.24, 2.45) is 0 Å². The Morgan fingerprint density at radius 3 is 2.47 bits per heavy atom. The number of carbonyl (C=O) groups excluding carboxylic acids is 3. The third kappa shape index (κ3) is 6.44. The lowest BCUT2D eigenvalue weighted by molar-refractivity contribution is -0.128. The topological polar surface area (TPSA) is 123 Å². The number of fused-ring (bicyclic) bond motifs is 1. The van der Waals surface area contributed by atoms with Gasteiger partial charge in [0.1, 0.15) is 11.8 Å². The summed E-state index contributed by atoms with van der Waals surface area (Å²) < 4.78 is 15.9. The fraction of sp³-hybridized carbons (Fsp3) is 0.333. The maximum absolute atomic E-state index is 13.8. The molecule has 38 heavy (non-hydrogen) atoms. The Labute approximate surface area is 225 Å². The number of rotatable bonds is 8. The van der Waals surface area contributed by atoms with Crippen molar-refractivity contribution in [2.45, 2.75) is 52.1 Å². The van der Waals surface area contributed by atoms with Crippen molar-refractivity contribution in [1.82, 2.24) is 10.5 Å². The van der Waals surface area contributed by atoms with E-state index in [4.69, 9.17) is 25.6 Å². The average molecular weight is 541 g/mol. The highest BCUT2D eigenvalue weighted by molar-refractivity contribution is 6.31. The predicted molar refractivity (Wildman–Crippen MR) is 141 cm³/mol. The van der Waals surface area contributed by atoms with E-state index >= 15 is 0 Å². The van der Waals surface area contributed by atoms with Gasteiger partial charge in [-0.25, -0.2) is 0 Å². The molecule has 0 saturated heterocycles. The quantitative estimate of drug-likeness (QED) is 0.421. The number of carbonyl (C=O) groups is 3. The van der Waals surface area contributed by atoms with Crippen LogP contribution in [0.4, 0.5) is 11.5 Å². The molecule has 1 aliphatic rings. The van der Waals surface area contributed by atoms with Gasteiger partial charge < -0.3 is 24.6 Å². The maximum Gasteiger partial charge on any atom is 0.248 e. The van der Waals surface area contributed by atoms with E-state index in [0.29, 0.717) is 33.5 Å². The molecule has 2 N–H and O–H groups in total. The second-order valence-corrected chi connectivity index (χ2v) is 10.2. The van der Waals surface area contributed by atoms with Gasteiger partial charge in [0.25, 0.3) is 0 Å². The number of halogens is 1. The monoisotopic (exact) mass is 540 g/mol. The number of hydrogen-bond acceptors (Lipinski definition) is 7. The second kappa shape index (κ2) is 11.1. The average Bonchev–Trinajstić information content (AvgIpc) is 3.48. The molecule has 200 valence electrons. The molecule has 2 heterocycles. The lowest BCUT2D eigenvalue weighted by atomic mass is 10.00. The first-order valence-corrected chi connectivity index (χ1v) is 12.4. The van der Waals surface area contributed by atoms with Gasteiger partial charge in [0.15, 0.2) is 17.3 Å². The first kappa shape index (κ1) is 27.0. The van der Waals surface area contributed by atoms with Crippen molar-refractivity contribution in [3.05, 3.63) is 64.9 Å². The highest BCUT2D eigenvalue weighted by atomic mass is 35.5. The van der Waals surface area contributed by atoms with E-state index in [1.54, 1.807) is 55.5 Å². The largest absolute Gasteiger partial charge is 0.454 e. The lowest BCUT2D eigenvalue weighted by Gasteiger charge is -2.34. The maximum atomic E-state index is 13.8. The van der Waals surface area contributed by atoms with Crippen LogP contribution in [0.1, 0.15) is 51.0 Å². The van der Waals surface area contributed by atoms with E-state index < -0.39 is 29.3 Å². The third-order valence-electron chi connectivity index (χ3n) is 5.57. The van der Waals surface area contributed by atoms with Crippen molar-refractivity contribution in [3.8, 4) is 11.5 Å². The fourth-order valence-corrected chi connectivity index (χ4v) is 4.22.